The smallest absolute Gasteiger partial charge is 0.292 e. The number of nitro groups is 1. The number of benzene rings is 2. The second-order valence-electron chi connectivity index (χ2n) is 6.92. The molecule has 0 heterocycles. The molecule has 0 bridgehead atoms. The average Bonchev–Trinajstić information content (AvgIpc) is 2.67. The van der Waals surface area contributed by atoms with Crippen LogP contribution in [0.3, 0.4) is 0 Å². The maximum atomic E-state index is 12.6. The van der Waals surface area contributed by atoms with E-state index in [1.54, 1.807) is 0 Å². The highest BCUT2D eigenvalue weighted by atomic mass is 16.6. The lowest BCUT2D eigenvalue weighted by atomic mass is 9.69. The lowest BCUT2D eigenvalue weighted by Crippen LogP contribution is -2.42. The van der Waals surface area contributed by atoms with Crippen LogP contribution < -0.4 is 11.1 Å². The third-order valence-electron chi connectivity index (χ3n) is 5.27. The predicted molar refractivity (Wildman–Crippen MR) is 101 cm³/mol. The van der Waals surface area contributed by atoms with Crippen LogP contribution in [0.5, 0.6) is 0 Å². The number of nitro benzene ring substituents is 1. The van der Waals surface area contributed by atoms with E-state index in [0.29, 0.717) is 6.54 Å². The van der Waals surface area contributed by atoms with Crippen molar-refractivity contribution < 1.29 is 9.72 Å². The Balaban J connectivity index is 1.78. The molecule has 1 fully saturated rings. The Hall–Kier alpha value is -2.89. The number of amides is 1. The van der Waals surface area contributed by atoms with Gasteiger partial charge in [0.2, 0.25) is 0 Å². The van der Waals surface area contributed by atoms with E-state index in [9.17, 15) is 14.9 Å². The van der Waals surface area contributed by atoms with E-state index in [0.717, 1.165) is 25.7 Å². The molecule has 6 heteroatoms. The van der Waals surface area contributed by atoms with Gasteiger partial charge >= 0.3 is 0 Å². The first kappa shape index (κ1) is 17.9. The molecule has 3 rings (SSSR count). The van der Waals surface area contributed by atoms with Gasteiger partial charge in [0.25, 0.3) is 11.6 Å². The van der Waals surface area contributed by atoms with Gasteiger partial charge in [-0.1, -0.05) is 49.6 Å². The fourth-order valence-corrected chi connectivity index (χ4v) is 3.78. The summed E-state index contributed by atoms with van der Waals surface area (Å²) in [4.78, 5) is 23.0. The number of nitrogens with two attached hydrogens (primary N) is 1. The van der Waals surface area contributed by atoms with Crippen molar-refractivity contribution in [3.8, 4) is 0 Å². The first-order valence-electron chi connectivity index (χ1n) is 8.89. The van der Waals surface area contributed by atoms with E-state index in [2.05, 4.69) is 17.4 Å². The summed E-state index contributed by atoms with van der Waals surface area (Å²) in [6.07, 6.45) is 5.54. The first-order valence-corrected chi connectivity index (χ1v) is 8.89. The topological polar surface area (TPSA) is 98.3 Å². The molecule has 136 valence electrons. The van der Waals surface area contributed by atoms with E-state index in [4.69, 9.17) is 5.73 Å². The van der Waals surface area contributed by atoms with Crippen LogP contribution in [0.2, 0.25) is 0 Å². The van der Waals surface area contributed by atoms with Crippen molar-refractivity contribution in [2.75, 3.05) is 12.3 Å². The number of anilines is 1. The largest absolute Gasteiger partial charge is 0.393 e. The van der Waals surface area contributed by atoms with Crippen LogP contribution >= 0.6 is 0 Å². The van der Waals surface area contributed by atoms with Gasteiger partial charge in [0, 0.05) is 23.6 Å². The van der Waals surface area contributed by atoms with Gasteiger partial charge in [-0.3, -0.25) is 14.9 Å². The maximum Gasteiger partial charge on any atom is 0.292 e. The molecule has 1 aliphatic carbocycles. The zero-order valence-electron chi connectivity index (χ0n) is 14.6. The van der Waals surface area contributed by atoms with Crippen LogP contribution in [0.25, 0.3) is 0 Å². The SMILES string of the molecule is Nc1ccc(C(=O)NCC2(c3ccccc3)CCCCC2)cc1[N+](=O)[O-]. The zero-order chi connectivity index (χ0) is 18.6. The molecule has 3 N–H and O–H groups in total. The fraction of sp³-hybridized carbons (Fsp3) is 0.350. The van der Waals surface area contributed by atoms with Gasteiger partial charge in [0.05, 0.1) is 4.92 Å². The molecular weight excluding hydrogens is 330 g/mol. The summed E-state index contributed by atoms with van der Waals surface area (Å²) in [5.41, 5.74) is 6.84. The van der Waals surface area contributed by atoms with Gasteiger partial charge in [-0.25, -0.2) is 0 Å². The molecule has 1 amide bonds. The van der Waals surface area contributed by atoms with Crippen LogP contribution in [0, 0.1) is 10.1 Å². The summed E-state index contributed by atoms with van der Waals surface area (Å²) in [5, 5.41) is 14.0. The molecule has 0 radical (unpaired) electrons. The first-order chi connectivity index (χ1) is 12.5. The van der Waals surface area contributed by atoms with E-state index in [-0.39, 0.29) is 28.3 Å². The molecule has 0 spiro atoms. The molecule has 1 saturated carbocycles. The van der Waals surface area contributed by atoms with Crippen LogP contribution in [0.1, 0.15) is 48.0 Å². The molecule has 1 aliphatic rings. The average molecular weight is 353 g/mol. The highest BCUT2D eigenvalue weighted by Gasteiger charge is 2.34. The minimum absolute atomic E-state index is 0.0552. The summed E-state index contributed by atoms with van der Waals surface area (Å²) in [6.45, 7) is 0.522. The van der Waals surface area contributed by atoms with Crippen molar-refractivity contribution in [1.29, 1.82) is 0 Å². The summed E-state index contributed by atoms with van der Waals surface area (Å²) in [5.74, 6) is -0.311. The molecule has 0 atom stereocenters. The number of hydrogen-bond donors (Lipinski definition) is 2. The van der Waals surface area contributed by atoms with Crippen molar-refractivity contribution in [2.24, 2.45) is 0 Å². The van der Waals surface area contributed by atoms with Crippen LogP contribution in [0.4, 0.5) is 11.4 Å². The van der Waals surface area contributed by atoms with Gasteiger partial charge in [-0.05, 0) is 30.5 Å². The lowest BCUT2D eigenvalue weighted by Gasteiger charge is -2.38. The number of rotatable bonds is 5. The highest BCUT2D eigenvalue weighted by molar-refractivity contribution is 5.95. The minimum Gasteiger partial charge on any atom is -0.393 e. The van der Waals surface area contributed by atoms with Crippen LogP contribution in [0.15, 0.2) is 48.5 Å². The third-order valence-corrected chi connectivity index (χ3v) is 5.27. The van der Waals surface area contributed by atoms with Crippen molar-refractivity contribution in [3.05, 3.63) is 69.8 Å². The van der Waals surface area contributed by atoms with Gasteiger partial charge in [-0.15, -0.1) is 0 Å². The van der Waals surface area contributed by atoms with Crippen LogP contribution in [-0.2, 0) is 5.41 Å². The molecule has 0 aromatic heterocycles. The number of nitrogens with zero attached hydrogens (tertiary/aromatic N) is 1. The summed E-state index contributed by atoms with van der Waals surface area (Å²) in [7, 11) is 0. The Bertz CT molecular complexity index is 799. The second kappa shape index (κ2) is 7.56. The van der Waals surface area contributed by atoms with E-state index < -0.39 is 4.92 Å². The zero-order valence-corrected chi connectivity index (χ0v) is 14.6. The van der Waals surface area contributed by atoms with Gasteiger partial charge in [0.15, 0.2) is 0 Å². The van der Waals surface area contributed by atoms with E-state index in [1.807, 2.05) is 18.2 Å². The monoisotopic (exact) mass is 353 g/mol. The summed E-state index contributed by atoms with van der Waals surface area (Å²) < 4.78 is 0. The van der Waals surface area contributed by atoms with E-state index >= 15 is 0 Å². The molecule has 0 unspecified atom stereocenters. The molecule has 6 nitrogen and oxygen atoms in total. The fourth-order valence-electron chi connectivity index (χ4n) is 3.78. The van der Waals surface area contributed by atoms with Crippen molar-refractivity contribution in [2.45, 2.75) is 37.5 Å². The van der Waals surface area contributed by atoms with Crippen LogP contribution in [-0.4, -0.2) is 17.4 Å². The van der Waals surface area contributed by atoms with E-state index in [1.165, 1.54) is 30.2 Å². The number of carbonyl (C=O) groups is 1. The molecule has 26 heavy (non-hydrogen) atoms. The van der Waals surface area contributed by atoms with Gasteiger partial charge < -0.3 is 11.1 Å². The number of nitrogens with one attached hydrogen (secondary N) is 1. The number of carbonyl (C=O) groups excluding carboxylic acids is 1. The normalized spacial score (nSPS) is 16.0. The van der Waals surface area contributed by atoms with Gasteiger partial charge in [-0.2, -0.15) is 0 Å². The summed E-state index contributed by atoms with van der Waals surface area (Å²) >= 11 is 0. The molecule has 2 aromatic carbocycles. The second-order valence-corrected chi connectivity index (χ2v) is 6.92. The Kier molecular flexibility index (Phi) is 5.21. The Morgan fingerprint density at radius 2 is 1.81 bits per heavy atom. The quantitative estimate of drug-likeness (QED) is 0.485. The molecule has 2 aromatic rings. The molecule has 0 saturated heterocycles. The maximum absolute atomic E-state index is 12.6. The third kappa shape index (κ3) is 3.69. The van der Waals surface area contributed by atoms with Crippen molar-refractivity contribution in [1.82, 2.24) is 5.32 Å². The predicted octanol–water partition coefficient (Wildman–Crippen LogP) is 3.81. The number of hydrogen-bond acceptors (Lipinski definition) is 4. The standard InChI is InChI=1S/C20H23N3O3/c21-17-10-9-15(13-18(17)23(25)26)19(24)22-14-20(11-5-2-6-12-20)16-7-3-1-4-8-16/h1,3-4,7-10,13H,2,5-6,11-12,14,21H2,(H,22,24). The minimum atomic E-state index is -0.571. The Morgan fingerprint density at radius 1 is 1.12 bits per heavy atom. The Morgan fingerprint density at radius 3 is 2.46 bits per heavy atom. The molecular formula is C20H23N3O3. The molecule has 0 aliphatic heterocycles. The van der Waals surface area contributed by atoms with Crippen molar-refractivity contribution >= 4 is 17.3 Å². The van der Waals surface area contributed by atoms with Crippen molar-refractivity contribution in [3.63, 3.8) is 0 Å². The highest BCUT2D eigenvalue weighted by Crippen LogP contribution is 2.39. The number of nitrogen functional groups attached to an aromatic ring is 1. The Labute approximate surface area is 152 Å². The summed E-state index contributed by atoms with van der Waals surface area (Å²) in [6, 6.07) is 14.4. The van der Waals surface area contributed by atoms with Gasteiger partial charge in [0.1, 0.15) is 5.69 Å². The lowest BCUT2D eigenvalue weighted by molar-refractivity contribution is -0.383.